The topological polar surface area (TPSA) is 66.4 Å². The average Bonchev–Trinajstić information content (AvgIpc) is 2.42. The normalized spacial score (nSPS) is 10.2. The summed E-state index contributed by atoms with van der Waals surface area (Å²) >= 11 is 1.64. The maximum Gasteiger partial charge on any atom is 0.232 e. The van der Waals surface area contributed by atoms with Crippen LogP contribution >= 0.6 is 11.8 Å². The van der Waals surface area contributed by atoms with Crippen molar-refractivity contribution in [2.45, 2.75) is 19.1 Å². The highest BCUT2D eigenvalue weighted by Gasteiger charge is 2.09. The second-order valence-electron chi connectivity index (χ2n) is 4.52. The first kappa shape index (κ1) is 16.4. The van der Waals surface area contributed by atoms with Gasteiger partial charge in [0, 0.05) is 52.2 Å². The van der Waals surface area contributed by atoms with Gasteiger partial charge >= 0.3 is 0 Å². The van der Waals surface area contributed by atoms with Gasteiger partial charge in [0.25, 0.3) is 0 Å². The summed E-state index contributed by atoms with van der Waals surface area (Å²) in [6.07, 6.45) is 2.16. The third-order valence-corrected chi connectivity index (χ3v) is 3.67. The first-order chi connectivity index (χ1) is 9.41. The van der Waals surface area contributed by atoms with E-state index in [2.05, 4.69) is 9.97 Å². The molecule has 2 amide bonds. The molecule has 6 nitrogen and oxygen atoms in total. The first-order valence-corrected chi connectivity index (χ1v) is 7.41. The molecule has 0 N–H and O–H groups in total. The second kappa shape index (κ2) is 7.84. The third kappa shape index (κ3) is 5.16. The highest BCUT2D eigenvalue weighted by molar-refractivity contribution is 7.98. The van der Waals surface area contributed by atoms with Crippen molar-refractivity contribution in [2.24, 2.45) is 0 Å². The monoisotopic (exact) mass is 296 g/mol. The Kier molecular flexibility index (Phi) is 6.44. The van der Waals surface area contributed by atoms with E-state index in [9.17, 15) is 9.59 Å². The maximum atomic E-state index is 11.4. The van der Waals surface area contributed by atoms with Crippen LogP contribution in [-0.2, 0) is 15.3 Å². The SMILES string of the molecule is CC(=O)N(C)c1nccc(CSCCC(=O)N(C)C)n1. The molecule has 20 heavy (non-hydrogen) atoms. The molecular formula is C13H20N4O2S. The van der Waals surface area contributed by atoms with Crippen LogP contribution in [0.3, 0.4) is 0 Å². The Morgan fingerprint density at radius 2 is 2.00 bits per heavy atom. The fraction of sp³-hybridized carbons (Fsp3) is 0.538. The predicted molar refractivity (Wildman–Crippen MR) is 80.6 cm³/mol. The molecule has 0 fully saturated rings. The van der Waals surface area contributed by atoms with Crippen LogP contribution in [0.5, 0.6) is 0 Å². The van der Waals surface area contributed by atoms with Crippen molar-refractivity contribution in [2.75, 3.05) is 31.8 Å². The minimum Gasteiger partial charge on any atom is -0.349 e. The van der Waals surface area contributed by atoms with Crippen molar-refractivity contribution in [1.82, 2.24) is 14.9 Å². The van der Waals surface area contributed by atoms with Crippen LogP contribution in [-0.4, -0.2) is 53.6 Å². The van der Waals surface area contributed by atoms with E-state index in [-0.39, 0.29) is 11.8 Å². The van der Waals surface area contributed by atoms with Gasteiger partial charge < -0.3 is 4.90 Å². The molecule has 1 heterocycles. The molecule has 7 heteroatoms. The molecule has 0 aliphatic carbocycles. The van der Waals surface area contributed by atoms with Crippen molar-refractivity contribution in [3.05, 3.63) is 18.0 Å². The molecule has 0 saturated heterocycles. The van der Waals surface area contributed by atoms with Crippen LogP contribution in [0.25, 0.3) is 0 Å². The quantitative estimate of drug-likeness (QED) is 0.737. The molecule has 1 rings (SSSR count). The molecule has 0 bridgehead atoms. The molecular weight excluding hydrogens is 276 g/mol. The maximum absolute atomic E-state index is 11.4. The molecule has 0 radical (unpaired) electrons. The number of carbonyl (C=O) groups is 2. The second-order valence-corrected chi connectivity index (χ2v) is 5.62. The predicted octanol–water partition coefficient (Wildman–Crippen LogP) is 1.17. The van der Waals surface area contributed by atoms with E-state index in [0.717, 1.165) is 11.4 Å². The summed E-state index contributed by atoms with van der Waals surface area (Å²) in [4.78, 5) is 34.1. The highest BCUT2D eigenvalue weighted by atomic mass is 32.2. The molecule has 1 aromatic rings. The number of hydrogen-bond donors (Lipinski definition) is 0. The molecule has 110 valence electrons. The van der Waals surface area contributed by atoms with E-state index >= 15 is 0 Å². The van der Waals surface area contributed by atoms with Crippen molar-refractivity contribution in [1.29, 1.82) is 0 Å². The van der Waals surface area contributed by atoms with Gasteiger partial charge in [-0.05, 0) is 6.07 Å². The van der Waals surface area contributed by atoms with E-state index < -0.39 is 0 Å². The summed E-state index contributed by atoms with van der Waals surface area (Å²) in [5.41, 5.74) is 0.852. The molecule has 0 aliphatic heterocycles. The van der Waals surface area contributed by atoms with Gasteiger partial charge in [0.15, 0.2) is 0 Å². The minimum atomic E-state index is -0.105. The standard InChI is InChI=1S/C13H20N4O2S/c1-10(18)17(4)13-14-7-5-11(15-13)9-20-8-6-12(19)16(2)3/h5,7H,6,8-9H2,1-4H3. The molecule has 0 saturated carbocycles. The van der Waals surface area contributed by atoms with E-state index in [1.165, 1.54) is 11.8 Å². The number of rotatable bonds is 6. The fourth-order valence-electron chi connectivity index (χ4n) is 1.33. The van der Waals surface area contributed by atoms with E-state index in [4.69, 9.17) is 0 Å². The fourth-order valence-corrected chi connectivity index (χ4v) is 2.16. The minimum absolute atomic E-state index is 0.105. The molecule has 0 spiro atoms. The number of anilines is 1. The molecule has 0 aliphatic rings. The van der Waals surface area contributed by atoms with Crippen LogP contribution < -0.4 is 4.90 Å². The number of amides is 2. The zero-order valence-corrected chi connectivity index (χ0v) is 13.1. The number of nitrogens with zero attached hydrogens (tertiary/aromatic N) is 4. The average molecular weight is 296 g/mol. The largest absolute Gasteiger partial charge is 0.349 e. The summed E-state index contributed by atoms with van der Waals surface area (Å²) in [5, 5.41) is 0. The smallest absolute Gasteiger partial charge is 0.232 e. The van der Waals surface area contributed by atoms with Gasteiger partial charge in [-0.25, -0.2) is 9.97 Å². The van der Waals surface area contributed by atoms with Crippen molar-refractivity contribution < 1.29 is 9.59 Å². The van der Waals surface area contributed by atoms with Crippen LogP contribution in [0.2, 0.25) is 0 Å². The number of carbonyl (C=O) groups excluding carboxylic acids is 2. The van der Waals surface area contributed by atoms with Gasteiger partial charge in [-0.2, -0.15) is 11.8 Å². The van der Waals surface area contributed by atoms with Crippen molar-refractivity contribution in [3.63, 3.8) is 0 Å². The molecule has 0 unspecified atom stereocenters. The van der Waals surface area contributed by atoms with Crippen LogP contribution in [0, 0.1) is 0 Å². The Bertz CT molecular complexity index is 479. The van der Waals surface area contributed by atoms with Gasteiger partial charge in [-0.15, -0.1) is 0 Å². The lowest BCUT2D eigenvalue weighted by Crippen LogP contribution is -2.25. The molecule has 0 atom stereocenters. The van der Waals surface area contributed by atoms with Gasteiger partial charge in [-0.1, -0.05) is 0 Å². The van der Waals surface area contributed by atoms with E-state index in [1.54, 1.807) is 44.0 Å². The van der Waals surface area contributed by atoms with Crippen LogP contribution in [0.1, 0.15) is 19.0 Å². The Morgan fingerprint density at radius 1 is 1.30 bits per heavy atom. The van der Waals surface area contributed by atoms with Crippen molar-refractivity contribution in [3.8, 4) is 0 Å². The summed E-state index contributed by atoms with van der Waals surface area (Å²) in [7, 11) is 5.15. The zero-order valence-electron chi connectivity index (χ0n) is 12.3. The number of thioether (sulfide) groups is 1. The Balaban J connectivity index is 2.47. The Morgan fingerprint density at radius 3 is 2.60 bits per heavy atom. The van der Waals surface area contributed by atoms with Gasteiger partial charge in [0.1, 0.15) is 0 Å². The zero-order chi connectivity index (χ0) is 15.1. The van der Waals surface area contributed by atoms with Gasteiger partial charge in [0.2, 0.25) is 17.8 Å². The van der Waals surface area contributed by atoms with Gasteiger partial charge in [-0.3, -0.25) is 14.5 Å². The number of hydrogen-bond acceptors (Lipinski definition) is 5. The lowest BCUT2D eigenvalue weighted by Gasteiger charge is -2.13. The lowest BCUT2D eigenvalue weighted by atomic mass is 10.4. The van der Waals surface area contributed by atoms with Crippen LogP contribution in [0.4, 0.5) is 5.95 Å². The summed E-state index contributed by atoms with van der Waals surface area (Å²) in [6, 6.07) is 1.82. The van der Waals surface area contributed by atoms with E-state index in [1.807, 2.05) is 6.07 Å². The summed E-state index contributed by atoms with van der Waals surface area (Å²) < 4.78 is 0. The number of aromatic nitrogens is 2. The third-order valence-electron chi connectivity index (χ3n) is 2.68. The van der Waals surface area contributed by atoms with Crippen LogP contribution in [0.15, 0.2) is 12.3 Å². The Labute approximate surface area is 123 Å². The summed E-state index contributed by atoms with van der Waals surface area (Å²) in [6.45, 7) is 1.47. The lowest BCUT2D eigenvalue weighted by molar-refractivity contribution is -0.128. The van der Waals surface area contributed by atoms with E-state index in [0.29, 0.717) is 18.1 Å². The molecule has 1 aromatic heterocycles. The Hall–Kier alpha value is -1.63. The summed E-state index contributed by atoms with van der Waals surface area (Å²) in [5.74, 6) is 1.87. The van der Waals surface area contributed by atoms with Gasteiger partial charge in [0.05, 0.1) is 5.69 Å². The first-order valence-electron chi connectivity index (χ1n) is 6.26. The van der Waals surface area contributed by atoms with Crippen molar-refractivity contribution >= 4 is 29.5 Å². The molecule has 0 aromatic carbocycles. The highest BCUT2D eigenvalue weighted by Crippen LogP contribution is 2.13.